The van der Waals surface area contributed by atoms with Gasteiger partial charge in [-0.1, -0.05) is 38.1 Å². The number of anilines is 1. The highest BCUT2D eigenvalue weighted by Gasteiger charge is 2.47. The van der Waals surface area contributed by atoms with Crippen molar-refractivity contribution >= 4 is 17.5 Å². The molecule has 0 radical (unpaired) electrons. The molecule has 1 aliphatic heterocycles. The Morgan fingerprint density at radius 3 is 2.59 bits per heavy atom. The molecule has 2 heterocycles. The fraction of sp³-hybridized carbons (Fsp3) is 0.458. The van der Waals surface area contributed by atoms with Crippen LogP contribution >= 0.6 is 0 Å². The number of hydrogen-bond acceptors (Lipinski definition) is 5. The number of nitrogens with one attached hydrogen (secondary N) is 2. The van der Waals surface area contributed by atoms with Crippen LogP contribution in [0.2, 0.25) is 0 Å². The van der Waals surface area contributed by atoms with Crippen molar-refractivity contribution < 1.29 is 27.5 Å². The average molecular weight is 476 g/mol. The SMILES string of the molecule is CN(C(=O)C1CNC(=O)CO1)C(c1ccc(NC2Cc3ccccc3C2(C)C)cn1)C(F)(F)F. The smallest absolute Gasteiger partial charge is 0.380 e. The number of fused-ring (bicyclic) bond motifs is 1. The molecular weight excluding hydrogens is 449 g/mol. The number of hydrogen-bond donors (Lipinski definition) is 2. The molecule has 0 saturated carbocycles. The van der Waals surface area contributed by atoms with Crippen molar-refractivity contribution in [1.82, 2.24) is 15.2 Å². The molecule has 2 amide bonds. The van der Waals surface area contributed by atoms with E-state index in [9.17, 15) is 22.8 Å². The normalized spacial score (nSPS) is 22.5. The van der Waals surface area contributed by atoms with Gasteiger partial charge in [-0.3, -0.25) is 14.6 Å². The molecule has 0 spiro atoms. The first-order valence-electron chi connectivity index (χ1n) is 11.0. The average Bonchev–Trinajstić information content (AvgIpc) is 3.04. The maximum absolute atomic E-state index is 14.0. The van der Waals surface area contributed by atoms with E-state index in [-0.39, 0.29) is 30.3 Å². The Morgan fingerprint density at radius 1 is 1.26 bits per heavy atom. The van der Waals surface area contributed by atoms with Crippen molar-refractivity contribution in [3.63, 3.8) is 0 Å². The number of benzene rings is 1. The van der Waals surface area contributed by atoms with E-state index in [1.165, 1.54) is 23.4 Å². The second-order valence-corrected chi connectivity index (χ2v) is 9.25. The number of halogens is 3. The van der Waals surface area contributed by atoms with Crippen LogP contribution in [0.1, 0.15) is 36.7 Å². The van der Waals surface area contributed by atoms with Crippen LogP contribution in [0.15, 0.2) is 42.6 Å². The van der Waals surface area contributed by atoms with E-state index in [1.807, 2.05) is 12.1 Å². The van der Waals surface area contributed by atoms with Gasteiger partial charge in [-0.2, -0.15) is 13.2 Å². The van der Waals surface area contributed by atoms with Crippen LogP contribution < -0.4 is 10.6 Å². The Labute approximate surface area is 195 Å². The predicted molar refractivity (Wildman–Crippen MR) is 119 cm³/mol. The van der Waals surface area contributed by atoms with Gasteiger partial charge in [0.1, 0.15) is 6.61 Å². The molecule has 3 unspecified atom stereocenters. The van der Waals surface area contributed by atoms with E-state index < -0.39 is 30.1 Å². The molecule has 1 aromatic heterocycles. The van der Waals surface area contributed by atoms with E-state index in [2.05, 4.69) is 41.6 Å². The minimum atomic E-state index is -4.75. The van der Waals surface area contributed by atoms with E-state index in [0.29, 0.717) is 10.6 Å². The van der Waals surface area contributed by atoms with Gasteiger partial charge in [0, 0.05) is 18.5 Å². The third-order valence-electron chi connectivity index (χ3n) is 6.63. The number of pyridine rings is 1. The maximum atomic E-state index is 14.0. The number of nitrogens with zero attached hydrogens (tertiary/aromatic N) is 2. The van der Waals surface area contributed by atoms with E-state index in [4.69, 9.17) is 4.74 Å². The highest BCUT2D eigenvalue weighted by atomic mass is 19.4. The molecule has 1 aromatic carbocycles. The summed E-state index contributed by atoms with van der Waals surface area (Å²) in [5.41, 5.74) is 2.63. The zero-order valence-corrected chi connectivity index (χ0v) is 19.1. The lowest BCUT2D eigenvalue weighted by Gasteiger charge is -2.33. The van der Waals surface area contributed by atoms with Gasteiger partial charge in [-0.15, -0.1) is 0 Å². The molecule has 2 aliphatic rings. The van der Waals surface area contributed by atoms with Gasteiger partial charge in [0.05, 0.1) is 24.1 Å². The molecule has 1 aliphatic carbocycles. The Hall–Kier alpha value is -3.14. The quantitative estimate of drug-likeness (QED) is 0.694. The zero-order valence-electron chi connectivity index (χ0n) is 19.1. The van der Waals surface area contributed by atoms with Crippen molar-refractivity contribution in [2.45, 2.75) is 50.0 Å². The first kappa shape index (κ1) is 24.0. The van der Waals surface area contributed by atoms with Crippen LogP contribution in [0.4, 0.5) is 18.9 Å². The number of carbonyl (C=O) groups is 2. The summed E-state index contributed by atoms with van der Waals surface area (Å²) in [7, 11) is 1.06. The lowest BCUT2D eigenvalue weighted by atomic mass is 9.83. The second-order valence-electron chi connectivity index (χ2n) is 9.25. The van der Waals surface area contributed by atoms with Crippen LogP contribution in [-0.2, 0) is 26.2 Å². The van der Waals surface area contributed by atoms with E-state index in [0.717, 1.165) is 13.5 Å². The second kappa shape index (κ2) is 8.90. The van der Waals surface area contributed by atoms with Gasteiger partial charge >= 0.3 is 6.18 Å². The molecule has 2 N–H and O–H groups in total. The van der Waals surface area contributed by atoms with Gasteiger partial charge in [0.15, 0.2) is 12.1 Å². The van der Waals surface area contributed by atoms with Crippen LogP contribution in [0.25, 0.3) is 0 Å². The summed E-state index contributed by atoms with van der Waals surface area (Å²) in [5.74, 6) is -1.30. The summed E-state index contributed by atoms with van der Waals surface area (Å²) in [5, 5.41) is 5.83. The number of ether oxygens (including phenoxy) is 1. The molecule has 182 valence electrons. The Balaban J connectivity index is 1.50. The lowest BCUT2D eigenvalue weighted by Crippen LogP contribution is -2.52. The van der Waals surface area contributed by atoms with Crippen molar-refractivity contribution in [1.29, 1.82) is 0 Å². The first-order valence-corrected chi connectivity index (χ1v) is 11.0. The molecular formula is C24H27F3N4O3. The van der Waals surface area contributed by atoms with Crippen LogP contribution in [0.5, 0.6) is 0 Å². The molecule has 1 fully saturated rings. The summed E-state index contributed by atoms with van der Waals surface area (Å²) in [4.78, 5) is 28.5. The minimum absolute atomic E-state index is 0.0545. The lowest BCUT2D eigenvalue weighted by molar-refractivity contribution is -0.194. The van der Waals surface area contributed by atoms with Crippen LogP contribution in [0.3, 0.4) is 0 Å². The van der Waals surface area contributed by atoms with E-state index >= 15 is 0 Å². The maximum Gasteiger partial charge on any atom is 0.414 e. The van der Waals surface area contributed by atoms with Crippen molar-refractivity contribution in [2.24, 2.45) is 0 Å². The van der Waals surface area contributed by atoms with E-state index in [1.54, 1.807) is 6.07 Å². The number of morpholine rings is 1. The highest BCUT2D eigenvalue weighted by molar-refractivity contribution is 5.85. The first-order chi connectivity index (χ1) is 16.0. The molecule has 7 nitrogen and oxygen atoms in total. The van der Waals surface area contributed by atoms with Crippen LogP contribution in [0, 0.1) is 0 Å². The number of carbonyl (C=O) groups excluding carboxylic acids is 2. The highest BCUT2D eigenvalue weighted by Crippen LogP contribution is 2.40. The van der Waals surface area contributed by atoms with Crippen molar-refractivity contribution in [3.05, 3.63) is 59.4 Å². The zero-order chi connectivity index (χ0) is 24.7. The Kier molecular flexibility index (Phi) is 6.28. The largest absolute Gasteiger partial charge is 0.414 e. The molecule has 4 rings (SSSR count). The summed E-state index contributed by atoms with van der Waals surface area (Å²) < 4.78 is 47.0. The van der Waals surface area contributed by atoms with Gasteiger partial charge in [0.25, 0.3) is 5.91 Å². The third kappa shape index (κ3) is 4.59. The van der Waals surface area contributed by atoms with Gasteiger partial charge in [-0.25, -0.2) is 0 Å². The number of aromatic nitrogens is 1. The van der Waals surface area contributed by atoms with Gasteiger partial charge < -0.3 is 20.3 Å². The Morgan fingerprint density at radius 2 is 2.00 bits per heavy atom. The molecule has 34 heavy (non-hydrogen) atoms. The molecule has 1 saturated heterocycles. The third-order valence-corrected chi connectivity index (χ3v) is 6.63. The summed E-state index contributed by atoms with van der Waals surface area (Å²) in [6, 6.07) is 8.82. The fourth-order valence-corrected chi connectivity index (χ4v) is 4.67. The molecule has 0 bridgehead atoms. The number of amides is 2. The van der Waals surface area contributed by atoms with Crippen molar-refractivity contribution in [3.8, 4) is 0 Å². The summed E-state index contributed by atoms with van der Waals surface area (Å²) >= 11 is 0. The molecule has 2 aromatic rings. The molecule has 10 heteroatoms. The summed E-state index contributed by atoms with van der Waals surface area (Å²) in [6.07, 6.45) is -3.77. The standard InChI is InChI=1S/C24H27F3N4O3/c1-23(2)16-7-5-4-6-14(16)10-19(23)30-15-8-9-17(28-11-15)21(24(25,26)27)31(3)22(33)18-12-29-20(32)13-34-18/h4-9,11,18-19,21,30H,10,12-13H2,1-3H3,(H,29,32). The summed E-state index contributed by atoms with van der Waals surface area (Å²) in [6.45, 7) is 3.71. The minimum Gasteiger partial charge on any atom is -0.380 e. The Bertz CT molecular complexity index is 1060. The topological polar surface area (TPSA) is 83.6 Å². The van der Waals surface area contributed by atoms with Crippen LogP contribution in [-0.4, -0.2) is 60.2 Å². The number of likely N-dealkylation sites (N-methyl/N-ethyl adjacent to an activating group) is 1. The number of alkyl halides is 3. The van der Waals surface area contributed by atoms with Gasteiger partial charge in [-0.05, 0) is 29.7 Å². The molecule has 3 atom stereocenters. The monoisotopic (exact) mass is 476 g/mol. The van der Waals surface area contributed by atoms with Gasteiger partial charge in [0.2, 0.25) is 5.91 Å². The predicted octanol–water partition coefficient (Wildman–Crippen LogP) is 2.97. The number of rotatable bonds is 5. The van der Waals surface area contributed by atoms with Crippen molar-refractivity contribution in [2.75, 3.05) is 25.5 Å². The fourth-order valence-electron chi connectivity index (χ4n) is 4.67.